The van der Waals surface area contributed by atoms with E-state index in [1.165, 1.54) is 6.08 Å². The number of hydrogen-bond acceptors (Lipinski definition) is 6. The van der Waals surface area contributed by atoms with Crippen molar-refractivity contribution >= 4 is 28.9 Å². The van der Waals surface area contributed by atoms with Crippen LogP contribution in [0.5, 0.6) is 0 Å². The highest BCUT2D eigenvalue weighted by molar-refractivity contribution is 7.13. The van der Waals surface area contributed by atoms with Gasteiger partial charge in [-0.15, -0.1) is 11.3 Å². The molecule has 3 N–H and O–H groups in total. The number of ketones is 1. The van der Waals surface area contributed by atoms with Crippen molar-refractivity contribution in [3.63, 3.8) is 0 Å². The van der Waals surface area contributed by atoms with Gasteiger partial charge in [0.05, 0.1) is 22.1 Å². The number of hydrogen-bond donors (Lipinski definition) is 2. The van der Waals surface area contributed by atoms with Crippen LogP contribution in [-0.2, 0) is 14.4 Å². The zero-order valence-corrected chi connectivity index (χ0v) is 20.4. The summed E-state index contributed by atoms with van der Waals surface area (Å²) in [5.74, 6) is -1.85. The molecular formula is C25H32N4O3S. The van der Waals surface area contributed by atoms with Crippen LogP contribution in [0.4, 0.5) is 0 Å². The van der Waals surface area contributed by atoms with E-state index < -0.39 is 12.0 Å². The van der Waals surface area contributed by atoms with Gasteiger partial charge in [0.2, 0.25) is 11.8 Å². The number of likely N-dealkylation sites (tertiary alicyclic amines) is 1. The SMILES string of the molecule is Cc1ncsc1-c1ccc([C@H](C)NC(=O)[C@@H]2CCCN2C(=O)C(C(=O)C=CN)C(C)C)cc1. The molecule has 7 nitrogen and oxygen atoms in total. The smallest absolute Gasteiger partial charge is 0.243 e. The van der Waals surface area contributed by atoms with Crippen molar-refractivity contribution in [1.29, 1.82) is 0 Å². The summed E-state index contributed by atoms with van der Waals surface area (Å²) in [6.45, 7) is 8.04. The lowest BCUT2D eigenvalue weighted by Crippen LogP contribution is -2.50. The maximum Gasteiger partial charge on any atom is 0.243 e. The van der Waals surface area contributed by atoms with E-state index in [1.807, 2.05) is 57.5 Å². The summed E-state index contributed by atoms with van der Waals surface area (Å²) in [4.78, 5) is 45.7. The van der Waals surface area contributed by atoms with Crippen LogP contribution in [0.3, 0.4) is 0 Å². The number of thiazole rings is 1. The lowest BCUT2D eigenvalue weighted by molar-refractivity contribution is -0.146. The number of allylic oxidation sites excluding steroid dienone is 1. The molecule has 1 saturated heterocycles. The first-order valence-electron chi connectivity index (χ1n) is 11.3. The van der Waals surface area contributed by atoms with Crippen LogP contribution in [0.15, 0.2) is 42.1 Å². The summed E-state index contributed by atoms with van der Waals surface area (Å²) < 4.78 is 0. The fourth-order valence-electron chi connectivity index (χ4n) is 4.31. The number of rotatable bonds is 8. The van der Waals surface area contributed by atoms with Crippen molar-refractivity contribution in [3.8, 4) is 10.4 Å². The lowest BCUT2D eigenvalue weighted by Gasteiger charge is -2.29. The van der Waals surface area contributed by atoms with E-state index in [4.69, 9.17) is 5.73 Å². The molecule has 1 fully saturated rings. The molecule has 2 heterocycles. The molecule has 1 aromatic carbocycles. The van der Waals surface area contributed by atoms with Crippen LogP contribution in [0.1, 0.15) is 50.9 Å². The van der Waals surface area contributed by atoms with Crippen molar-refractivity contribution < 1.29 is 14.4 Å². The van der Waals surface area contributed by atoms with E-state index >= 15 is 0 Å². The number of carbonyl (C=O) groups excluding carboxylic acids is 3. The largest absolute Gasteiger partial charge is 0.404 e. The topological polar surface area (TPSA) is 105 Å². The predicted octanol–water partition coefficient (Wildman–Crippen LogP) is 3.60. The number of nitrogens with zero attached hydrogens (tertiary/aromatic N) is 2. The first-order valence-corrected chi connectivity index (χ1v) is 12.2. The molecule has 1 aliphatic heterocycles. The number of amides is 2. The molecule has 2 amide bonds. The average Bonchev–Trinajstić information content (AvgIpc) is 3.43. The molecule has 3 atom stereocenters. The second-order valence-corrected chi connectivity index (χ2v) is 9.65. The summed E-state index contributed by atoms with van der Waals surface area (Å²) in [5.41, 5.74) is 10.3. The Morgan fingerprint density at radius 1 is 1.21 bits per heavy atom. The Bertz CT molecular complexity index is 1030. The Morgan fingerprint density at radius 3 is 2.48 bits per heavy atom. The summed E-state index contributed by atoms with van der Waals surface area (Å²) in [6.07, 6.45) is 3.70. The zero-order chi connectivity index (χ0) is 24.1. The number of aryl methyl sites for hydroxylation is 1. The van der Waals surface area contributed by atoms with E-state index in [9.17, 15) is 14.4 Å². The van der Waals surface area contributed by atoms with Crippen LogP contribution in [0.2, 0.25) is 0 Å². The van der Waals surface area contributed by atoms with Gasteiger partial charge in [0.15, 0.2) is 5.78 Å². The van der Waals surface area contributed by atoms with Crippen molar-refractivity contribution in [2.24, 2.45) is 17.6 Å². The van der Waals surface area contributed by atoms with Gasteiger partial charge >= 0.3 is 0 Å². The Morgan fingerprint density at radius 2 is 1.91 bits per heavy atom. The molecule has 3 rings (SSSR count). The number of carbonyl (C=O) groups is 3. The Kier molecular flexibility index (Phi) is 8.02. The summed E-state index contributed by atoms with van der Waals surface area (Å²) >= 11 is 1.60. The normalized spacial score (nSPS) is 18.0. The van der Waals surface area contributed by atoms with Crippen LogP contribution < -0.4 is 11.1 Å². The summed E-state index contributed by atoms with van der Waals surface area (Å²) in [6, 6.07) is 7.29. The highest BCUT2D eigenvalue weighted by Gasteiger charge is 2.40. The second-order valence-electron chi connectivity index (χ2n) is 8.79. The maximum atomic E-state index is 13.2. The Balaban J connectivity index is 1.69. The molecule has 8 heteroatoms. The van der Waals surface area contributed by atoms with E-state index in [0.29, 0.717) is 13.0 Å². The highest BCUT2D eigenvalue weighted by Crippen LogP contribution is 2.29. The van der Waals surface area contributed by atoms with Gasteiger partial charge in [0.1, 0.15) is 12.0 Å². The van der Waals surface area contributed by atoms with Crippen molar-refractivity contribution in [1.82, 2.24) is 15.2 Å². The molecule has 1 aromatic heterocycles. The van der Waals surface area contributed by atoms with Gasteiger partial charge in [-0.2, -0.15) is 0 Å². The fraction of sp³-hybridized carbons (Fsp3) is 0.440. The van der Waals surface area contributed by atoms with Crippen LogP contribution in [-0.4, -0.2) is 40.1 Å². The van der Waals surface area contributed by atoms with Gasteiger partial charge in [0, 0.05) is 6.54 Å². The number of nitrogens with two attached hydrogens (primary N) is 1. The third kappa shape index (κ3) is 5.50. The molecule has 0 radical (unpaired) electrons. The molecule has 1 unspecified atom stereocenters. The molecule has 0 spiro atoms. The van der Waals surface area contributed by atoms with E-state index in [1.54, 1.807) is 16.2 Å². The average molecular weight is 469 g/mol. The summed E-state index contributed by atoms with van der Waals surface area (Å²) in [5, 5.41) is 3.05. The highest BCUT2D eigenvalue weighted by atomic mass is 32.1. The van der Waals surface area contributed by atoms with E-state index in [0.717, 1.165) is 34.3 Å². The van der Waals surface area contributed by atoms with Crippen LogP contribution in [0.25, 0.3) is 10.4 Å². The van der Waals surface area contributed by atoms with Crippen molar-refractivity contribution in [2.45, 2.75) is 52.6 Å². The van der Waals surface area contributed by atoms with Gasteiger partial charge in [-0.3, -0.25) is 14.4 Å². The summed E-state index contributed by atoms with van der Waals surface area (Å²) in [7, 11) is 0. The first-order chi connectivity index (χ1) is 15.7. The third-order valence-corrected chi connectivity index (χ3v) is 7.09. The minimum atomic E-state index is -0.835. The first kappa shape index (κ1) is 24.6. The maximum absolute atomic E-state index is 13.2. The fourth-order valence-corrected chi connectivity index (χ4v) is 5.12. The molecular weight excluding hydrogens is 436 g/mol. The quantitative estimate of drug-likeness (QED) is 0.455. The van der Waals surface area contributed by atoms with Crippen LogP contribution >= 0.6 is 11.3 Å². The monoisotopic (exact) mass is 468 g/mol. The lowest BCUT2D eigenvalue weighted by atomic mass is 9.89. The Labute approximate surface area is 199 Å². The molecule has 0 saturated carbocycles. The number of benzene rings is 1. The van der Waals surface area contributed by atoms with Crippen molar-refractivity contribution in [2.75, 3.05) is 6.54 Å². The van der Waals surface area contributed by atoms with Gasteiger partial charge in [-0.1, -0.05) is 38.1 Å². The number of aromatic nitrogens is 1. The standard InChI is InChI=1S/C25H32N4O3S/c1-15(2)22(21(30)11-12-26)25(32)29-13-5-6-20(29)24(31)28-16(3)18-7-9-19(10-8-18)23-17(4)27-14-33-23/h7-12,14-16,20,22H,5-6,13,26H2,1-4H3,(H,28,31)/t16-,20-,22?/m0/s1. The predicted molar refractivity (Wildman–Crippen MR) is 130 cm³/mol. The molecule has 0 aliphatic carbocycles. The van der Waals surface area contributed by atoms with Crippen molar-refractivity contribution in [3.05, 3.63) is 53.3 Å². The molecule has 0 bridgehead atoms. The van der Waals surface area contributed by atoms with Gasteiger partial charge in [-0.25, -0.2) is 4.98 Å². The Hall–Kier alpha value is -3.00. The molecule has 176 valence electrons. The molecule has 2 aromatic rings. The van der Waals surface area contributed by atoms with E-state index in [-0.39, 0.29) is 29.6 Å². The van der Waals surface area contributed by atoms with Gasteiger partial charge < -0.3 is 16.0 Å². The minimum absolute atomic E-state index is 0.190. The van der Waals surface area contributed by atoms with Gasteiger partial charge in [0.25, 0.3) is 0 Å². The van der Waals surface area contributed by atoms with Gasteiger partial charge in [-0.05, 0) is 56.0 Å². The zero-order valence-electron chi connectivity index (χ0n) is 19.6. The third-order valence-electron chi connectivity index (χ3n) is 6.12. The second kappa shape index (κ2) is 10.7. The van der Waals surface area contributed by atoms with E-state index in [2.05, 4.69) is 10.3 Å². The molecule has 33 heavy (non-hydrogen) atoms. The minimum Gasteiger partial charge on any atom is -0.404 e. The number of nitrogens with one attached hydrogen (secondary N) is 1. The molecule has 1 aliphatic rings. The van der Waals surface area contributed by atoms with Crippen LogP contribution in [0, 0.1) is 18.8 Å².